The van der Waals surface area contributed by atoms with E-state index < -0.39 is 17.6 Å². The van der Waals surface area contributed by atoms with Gasteiger partial charge in [-0.2, -0.15) is 5.10 Å². The molecule has 9 nitrogen and oxygen atoms in total. The molecule has 3 aromatic rings. The number of carbonyl (C=O) groups is 3. The Morgan fingerprint density at radius 2 is 1.86 bits per heavy atom. The van der Waals surface area contributed by atoms with E-state index in [9.17, 15) is 18.8 Å². The lowest BCUT2D eigenvalue weighted by molar-refractivity contribution is -0.117. The molecule has 0 atom stereocenters. The van der Waals surface area contributed by atoms with E-state index in [0.717, 1.165) is 22.4 Å². The molecule has 2 aliphatic heterocycles. The minimum atomic E-state index is -0.791. The standard InChI is InChI=1S/C25H24FN5O4/c1-14-12-15(29-10-3-4-21(29)32)5-8-19(14)30-11-9-17-22(24(27)33)28-31(23(17)25(30)34)20-13-16(35-2)6-7-18(20)26/h5-8,12-13H,3-4,9-11H2,1-2H3,(H2,27,33). The lowest BCUT2D eigenvalue weighted by Gasteiger charge is -2.29. The third-order valence-electron chi connectivity index (χ3n) is 6.49. The second kappa shape index (κ2) is 8.53. The number of benzene rings is 2. The van der Waals surface area contributed by atoms with Crippen LogP contribution in [-0.2, 0) is 11.2 Å². The van der Waals surface area contributed by atoms with Gasteiger partial charge in [0.05, 0.1) is 7.11 Å². The van der Waals surface area contributed by atoms with E-state index in [1.807, 2.05) is 19.1 Å². The molecular weight excluding hydrogens is 453 g/mol. The highest BCUT2D eigenvalue weighted by Gasteiger charge is 2.36. The molecule has 2 N–H and O–H groups in total. The SMILES string of the molecule is COc1ccc(F)c(-n2nc(C(N)=O)c3c2C(=O)N(c2ccc(N4CCCC4=O)cc2C)CC3)c1. The van der Waals surface area contributed by atoms with E-state index in [1.54, 1.807) is 15.9 Å². The smallest absolute Gasteiger partial charge is 0.277 e. The zero-order valence-electron chi connectivity index (χ0n) is 19.4. The number of methoxy groups -OCH3 is 1. The van der Waals surface area contributed by atoms with E-state index in [-0.39, 0.29) is 23.0 Å². The first-order valence-corrected chi connectivity index (χ1v) is 11.3. The summed E-state index contributed by atoms with van der Waals surface area (Å²) in [6.07, 6.45) is 1.66. The van der Waals surface area contributed by atoms with Crippen molar-refractivity contribution in [3.05, 3.63) is 64.7 Å². The quantitative estimate of drug-likeness (QED) is 0.608. The third-order valence-corrected chi connectivity index (χ3v) is 6.49. The lowest BCUT2D eigenvalue weighted by Crippen LogP contribution is -2.39. The number of nitrogens with two attached hydrogens (primary N) is 1. The predicted molar refractivity (Wildman–Crippen MR) is 127 cm³/mol. The molecule has 0 unspecified atom stereocenters. The molecule has 0 bridgehead atoms. The summed E-state index contributed by atoms with van der Waals surface area (Å²) in [6, 6.07) is 9.58. The second-order valence-electron chi connectivity index (χ2n) is 8.60. The average molecular weight is 477 g/mol. The van der Waals surface area contributed by atoms with Crippen molar-refractivity contribution in [2.45, 2.75) is 26.2 Å². The summed E-state index contributed by atoms with van der Waals surface area (Å²) < 4.78 is 21.2. The number of amides is 3. The summed E-state index contributed by atoms with van der Waals surface area (Å²) in [5.74, 6) is -1.40. The van der Waals surface area contributed by atoms with Crippen molar-refractivity contribution in [3.8, 4) is 11.4 Å². The monoisotopic (exact) mass is 477 g/mol. The fourth-order valence-corrected chi connectivity index (χ4v) is 4.78. The number of aryl methyl sites for hydroxylation is 1. The van der Waals surface area contributed by atoms with E-state index in [1.165, 1.54) is 25.3 Å². The van der Waals surface area contributed by atoms with Crippen molar-refractivity contribution < 1.29 is 23.5 Å². The van der Waals surface area contributed by atoms with E-state index in [2.05, 4.69) is 5.10 Å². The number of ether oxygens (including phenoxy) is 1. The average Bonchev–Trinajstić information content (AvgIpc) is 3.44. The van der Waals surface area contributed by atoms with Gasteiger partial charge in [-0.05, 0) is 55.7 Å². The van der Waals surface area contributed by atoms with Gasteiger partial charge < -0.3 is 20.3 Å². The number of hydrogen-bond acceptors (Lipinski definition) is 5. The normalized spacial score (nSPS) is 15.5. The Labute approximate surface area is 200 Å². The summed E-state index contributed by atoms with van der Waals surface area (Å²) in [5, 5.41) is 4.23. The van der Waals surface area contributed by atoms with Crippen LogP contribution in [0.4, 0.5) is 15.8 Å². The van der Waals surface area contributed by atoms with Crippen LogP contribution in [0.3, 0.4) is 0 Å². The molecule has 10 heteroatoms. The molecule has 0 saturated carbocycles. The Morgan fingerprint density at radius 1 is 1.06 bits per heavy atom. The van der Waals surface area contributed by atoms with Gasteiger partial charge in [0.1, 0.15) is 22.9 Å². The van der Waals surface area contributed by atoms with Gasteiger partial charge in [0.2, 0.25) is 5.91 Å². The lowest BCUT2D eigenvalue weighted by atomic mass is 10.0. The maximum absolute atomic E-state index is 14.8. The molecule has 1 fully saturated rings. The molecule has 1 saturated heterocycles. The van der Waals surface area contributed by atoms with Crippen molar-refractivity contribution in [1.29, 1.82) is 0 Å². The number of nitrogens with zero attached hydrogens (tertiary/aromatic N) is 4. The summed E-state index contributed by atoms with van der Waals surface area (Å²) in [7, 11) is 1.44. The Bertz CT molecular complexity index is 1380. The first kappa shape index (κ1) is 22.6. The summed E-state index contributed by atoms with van der Waals surface area (Å²) in [6.45, 7) is 2.84. The Morgan fingerprint density at radius 3 is 2.51 bits per heavy atom. The van der Waals surface area contributed by atoms with Crippen LogP contribution in [0, 0.1) is 12.7 Å². The van der Waals surface area contributed by atoms with E-state index in [0.29, 0.717) is 42.9 Å². The Kier molecular flexibility index (Phi) is 5.50. The van der Waals surface area contributed by atoms with Crippen molar-refractivity contribution in [2.24, 2.45) is 5.73 Å². The van der Waals surface area contributed by atoms with Crippen LogP contribution >= 0.6 is 0 Å². The van der Waals surface area contributed by atoms with Gasteiger partial charge in [0.15, 0.2) is 5.69 Å². The van der Waals surface area contributed by atoms with Crippen molar-refractivity contribution in [1.82, 2.24) is 9.78 Å². The maximum atomic E-state index is 14.8. The minimum Gasteiger partial charge on any atom is -0.497 e. The van der Waals surface area contributed by atoms with Crippen LogP contribution in [0.5, 0.6) is 5.75 Å². The largest absolute Gasteiger partial charge is 0.497 e. The van der Waals surface area contributed by atoms with Crippen LogP contribution in [0.1, 0.15) is 44.9 Å². The Balaban J connectivity index is 1.58. The van der Waals surface area contributed by atoms with Crippen LogP contribution in [-0.4, -0.2) is 47.7 Å². The van der Waals surface area contributed by atoms with Crippen LogP contribution in [0.15, 0.2) is 36.4 Å². The van der Waals surface area contributed by atoms with E-state index >= 15 is 0 Å². The highest BCUT2D eigenvalue weighted by atomic mass is 19.1. The highest BCUT2D eigenvalue weighted by molar-refractivity contribution is 6.10. The molecule has 35 heavy (non-hydrogen) atoms. The van der Waals surface area contributed by atoms with Crippen LogP contribution in [0.25, 0.3) is 5.69 Å². The number of carbonyl (C=O) groups excluding carboxylic acids is 3. The van der Waals surface area contributed by atoms with Gasteiger partial charge in [-0.3, -0.25) is 14.4 Å². The zero-order valence-corrected chi connectivity index (χ0v) is 19.4. The number of fused-ring (bicyclic) bond motifs is 1. The number of rotatable bonds is 5. The predicted octanol–water partition coefficient (Wildman–Crippen LogP) is 2.76. The molecule has 3 heterocycles. The van der Waals surface area contributed by atoms with Crippen molar-refractivity contribution >= 4 is 29.1 Å². The minimum absolute atomic E-state index is 0.0251. The first-order valence-electron chi connectivity index (χ1n) is 11.3. The number of anilines is 2. The first-order chi connectivity index (χ1) is 16.8. The number of aromatic nitrogens is 2. The van der Waals surface area contributed by atoms with Gasteiger partial charge in [-0.15, -0.1) is 0 Å². The van der Waals surface area contributed by atoms with Gasteiger partial charge in [-0.25, -0.2) is 9.07 Å². The van der Waals surface area contributed by atoms with Crippen LogP contribution < -0.4 is 20.3 Å². The van der Waals surface area contributed by atoms with Gasteiger partial charge in [0, 0.05) is 42.5 Å². The van der Waals surface area contributed by atoms with Gasteiger partial charge >= 0.3 is 0 Å². The number of hydrogen-bond donors (Lipinski definition) is 1. The van der Waals surface area contributed by atoms with Crippen molar-refractivity contribution in [2.75, 3.05) is 30.0 Å². The molecule has 1 aromatic heterocycles. The number of halogens is 1. The summed E-state index contributed by atoms with van der Waals surface area (Å²) in [5.41, 5.74) is 8.18. The molecule has 0 aliphatic carbocycles. The number of primary amides is 1. The molecular formula is C25H24FN5O4. The van der Waals surface area contributed by atoms with Crippen LogP contribution in [0.2, 0.25) is 0 Å². The summed E-state index contributed by atoms with van der Waals surface area (Å²) >= 11 is 0. The molecule has 3 amide bonds. The second-order valence-corrected chi connectivity index (χ2v) is 8.60. The molecule has 2 aliphatic rings. The fourth-order valence-electron chi connectivity index (χ4n) is 4.78. The molecule has 2 aromatic carbocycles. The molecule has 0 spiro atoms. The maximum Gasteiger partial charge on any atom is 0.277 e. The van der Waals surface area contributed by atoms with Gasteiger partial charge in [-0.1, -0.05) is 0 Å². The zero-order chi connectivity index (χ0) is 24.9. The van der Waals surface area contributed by atoms with Crippen molar-refractivity contribution in [3.63, 3.8) is 0 Å². The molecule has 0 radical (unpaired) electrons. The highest BCUT2D eigenvalue weighted by Crippen LogP contribution is 2.34. The molecule has 180 valence electrons. The summed E-state index contributed by atoms with van der Waals surface area (Å²) in [4.78, 5) is 41.3. The Hall–Kier alpha value is -4.21. The fraction of sp³-hybridized carbons (Fsp3) is 0.280. The van der Waals surface area contributed by atoms with E-state index in [4.69, 9.17) is 10.5 Å². The third kappa shape index (κ3) is 3.71. The molecule has 5 rings (SSSR count). The topological polar surface area (TPSA) is 111 Å². The van der Waals surface area contributed by atoms with Gasteiger partial charge in [0.25, 0.3) is 11.8 Å².